The van der Waals surface area contributed by atoms with Gasteiger partial charge in [0.25, 0.3) is 0 Å². The van der Waals surface area contributed by atoms with E-state index in [4.69, 9.17) is 4.65 Å². The summed E-state index contributed by atoms with van der Waals surface area (Å²) >= 11 is 0. The van der Waals surface area contributed by atoms with Crippen LogP contribution in [0.2, 0.25) is 0 Å². The summed E-state index contributed by atoms with van der Waals surface area (Å²) in [4.78, 5) is 11.6. The van der Waals surface area contributed by atoms with Gasteiger partial charge in [0.1, 0.15) is 6.04 Å². The monoisotopic (exact) mass is 265 g/mol. The Morgan fingerprint density at radius 3 is 3.00 bits per heavy atom. The molecular weight excluding hydrogens is 245 g/mol. The summed E-state index contributed by atoms with van der Waals surface area (Å²) in [6.45, 7) is 0. The fraction of sp³-hybridized carbons (Fsp3) is 0.769. The van der Waals surface area contributed by atoms with Gasteiger partial charge in [0.05, 0.1) is 5.60 Å². The summed E-state index contributed by atoms with van der Waals surface area (Å²) in [5.74, 6) is -0.415. The van der Waals surface area contributed by atoms with Crippen LogP contribution >= 0.6 is 0 Å². The minimum atomic E-state index is -0.844. The maximum absolute atomic E-state index is 11.6. The molecule has 104 valence electrons. The molecule has 4 atom stereocenters. The van der Waals surface area contributed by atoms with Crippen molar-refractivity contribution < 1.29 is 19.7 Å². The number of carbonyl (C=O) groups is 1. The van der Waals surface area contributed by atoms with Crippen LogP contribution in [0.3, 0.4) is 0 Å². The molecule has 0 aromatic rings. The normalized spacial score (nSPS) is 40.9. The fourth-order valence-electron chi connectivity index (χ4n) is 4.73. The van der Waals surface area contributed by atoms with Gasteiger partial charge in [0, 0.05) is 12.5 Å². The molecule has 0 radical (unpaired) electrons. The molecule has 3 N–H and O–H groups in total. The molecule has 3 unspecified atom stereocenters. The fourth-order valence-corrected chi connectivity index (χ4v) is 4.73. The molecule has 0 aromatic heterocycles. The molecule has 4 bridgehead atoms. The van der Waals surface area contributed by atoms with E-state index in [0.29, 0.717) is 12.3 Å². The van der Waals surface area contributed by atoms with Crippen molar-refractivity contribution in [3.8, 4) is 0 Å². The molecule has 0 aliphatic heterocycles. The molecule has 0 heterocycles. The highest BCUT2D eigenvalue weighted by Gasteiger charge is 2.58. The first-order valence-corrected chi connectivity index (χ1v) is 6.84. The topological polar surface area (TPSA) is 78.8 Å². The summed E-state index contributed by atoms with van der Waals surface area (Å²) in [6, 6.07) is -0.647. The van der Waals surface area contributed by atoms with Crippen LogP contribution in [0.1, 0.15) is 32.1 Å². The van der Waals surface area contributed by atoms with E-state index in [-0.39, 0.29) is 13.0 Å². The van der Waals surface area contributed by atoms with Gasteiger partial charge in [0.15, 0.2) is 0 Å². The van der Waals surface area contributed by atoms with E-state index in [1.54, 1.807) is 7.11 Å². The van der Waals surface area contributed by atoms with Crippen LogP contribution in [0, 0.1) is 11.3 Å². The van der Waals surface area contributed by atoms with Crippen molar-refractivity contribution in [2.45, 2.75) is 43.7 Å². The minimum absolute atomic E-state index is 0.223. The number of carboxylic acids is 1. The second kappa shape index (κ2) is 4.33. The molecular formula is C13H20BNO4. The second-order valence-electron chi connectivity index (χ2n) is 6.51. The van der Waals surface area contributed by atoms with E-state index in [9.17, 15) is 15.0 Å². The highest BCUT2D eigenvalue weighted by Crippen LogP contribution is 2.60. The summed E-state index contributed by atoms with van der Waals surface area (Å²) in [5.41, 5.74) is 0.100. The quantitative estimate of drug-likeness (QED) is 0.488. The first-order chi connectivity index (χ1) is 8.96. The van der Waals surface area contributed by atoms with Gasteiger partial charge in [-0.1, -0.05) is 11.6 Å². The van der Waals surface area contributed by atoms with Gasteiger partial charge in [-0.15, -0.1) is 0 Å². The first kappa shape index (κ1) is 13.2. The molecule has 5 nitrogen and oxygen atoms in total. The number of aliphatic carboxylic acids is 1. The number of hydrogen-bond acceptors (Lipinski definition) is 4. The summed E-state index contributed by atoms with van der Waals surface area (Å²) < 4.78 is 4.96. The molecule has 0 amide bonds. The van der Waals surface area contributed by atoms with Crippen molar-refractivity contribution in [3.05, 3.63) is 11.6 Å². The number of aliphatic hydroxyl groups is 1. The van der Waals surface area contributed by atoms with Gasteiger partial charge >= 0.3 is 13.6 Å². The third kappa shape index (κ3) is 2.12. The number of nitrogens with one attached hydrogen (secondary N) is 1. The summed E-state index contributed by atoms with van der Waals surface area (Å²) in [7, 11) is 1.77. The lowest BCUT2D eigenvalue weighted by Crippen LogP contribution is -2.61. The Balaban J connectivity index is 1.90. The van der Waals surface area contributed by atoms with E-state index in [1.807, 2.05) is 6.08 Å². The standard InChI is InChI=1S/C13H20BNO4/c1-19-14-15-10(11(16)17)12-3-8-2-9(4-12)6-13(18,5-8)7-12/h5,9-10,14-15,18H,2-4,6-7H2,1H3,(H,16,17)/t9?,10-,12?,13?/m1/s1. The SMILES string of the molecule is COBN[C@H](C(=O)O)C12CC3=CC(O)(CC(C3)C1)C2. The van der Waals surface area contributed by atoms with Crippen LogP contribution in [-0.2, 0) is 9.45 Å². The van der Waals surface area contributed by atoms with Gasteiger partial charge in [-0.3, -0.25) is 4.79 Å². The van der Waals surface area contributed by atoms with Gasteiger partial charge in [0.2, 0.25) is 0 Å². The van der Waals surface area contributed by atoms with Gasteiger partial charge in [-0.05, 0) is 38.0 Å². The van der Waals surface area contributed by atoms with E-state index >= 15 is 0 Å². The van der Waals surface area contributed by atoms with Crippen molar-refractivity contribution in [3.63, 3.8) is 0 Å². The molecule has 0 spiro atoms. The Bertz CT molecular complexity index is 440. The van der Waals surface area contributed by atoms with E-state index in [2.05, 4.69) is 5.23 Å². The van der Waals surface area contributed by atoms with Crippen molar-refractivity contribution in [1.82, 2.24) is 5.23 Å². The molecule has 2 fully saturated rings. The van der Waals surface area contributed by atoms with Crippen LogP contribution in [-0.4, -0.2) is 42.6 Å². The Morgan fingerprint density at radius 2 is 2.42 bits per heavy atom. The third-order valence-electron chi connectivity index (χ3n) is 4.89. The van der Waals surface area contributed by atoms with Crippen LogP contribution in [0.25, 0.3) is 0 Å². The summed E-state index contributed by atoms with van der Waals surface area (Å²) in [5, 5.41) is 23.1. The predicted octanol–water partition coefficient (Wildman–Crippen LogP) is 0.193. The Morgan fingerprint density at radius 1 is 1.63 bits per heavy atom. The lowest BCUT2D eigenvalue weighted by atomic mass is 9.49. The van der Waals surface area contributed by atoms with Crippen LogP contribution in [0.5, 0.6) is 0 Å². The molecule has 0 aromatic carbocycles. The summed E-state index contributed by atoms with van der Waals surface area (Å²) in [6.07, 6.45) is 6.03. The van der Waals surface area contributed by atoms with Gasteiger partial charge < -0.3 is 20.1 Å². The molecule has 2 saturated carbocycles. The van der Waals surface area contributed by atoms with Gasteiger partial charge in [-0.25, -0.2) is 0 Å². The zero-order chi connectivity index (χ0) is 13.7. The van der Waals surface area contributed by atoms with Crippen molar-refractivity contribution in [1.29, 1.82) is 0 Å². The zero-order valence-corrected chi connectivity index (χ0v) is 11.2. The Labute approximate surface area is 113 Å². The molecule has 6 heteroatoms. The second-order valence-corrected chi connectivity index (χ2v) is 6.51. The lowest BCUT2D eigenvalue weighted by molar-refractivity contribution is -0.149. The van der Waals surface area contributed by atoms with Crippen LogP contribution in [0.15, 0.2) is 11.6 Å². The average Bonchev–Trinajstić information content (AvgIpc) is 2.24. The maximum Gasteiger partial charge on any atom is 0.361 e. The zero-order valence-electron chi connectivity index (χ0n) is 11.2. The molecule has 0 saturated heterocycles. The Kier molecular flexibility index (Phi) is 3.00. The Hall–Kier alpha value is -0.845. The average molecular weight is 265 g/mol. The first-order valence-electron chi connectivity index (χ1n) is 6.84. The van der Waals surface area contributed by atoms with Crippen molar-refractivity contribution >= 4 is 13.6 Å². The number of allylic oxidation sites excluding steroid dienone is 1. The molecule has 4 rings (SSSR count). The predicted molar refractivity (Wildman–Crippen MR) is 70.8 cm³/mol. The minimum Gasteiger partial charge on any atom is -0.480 e. The largest absolute Gasteiger partial charge is 0.480 e. The van der Waals surface area contributed by atoms with Crippen LogP contribution in [0.4, 0.5) is 0 Å². The number of rotatable bonds is 5. The van der Waals surface area contributed by atoms with Crippen LogP contribution < -0.4 is 5.23 Å². The maximum atomic E-state index is 11.6. The molecule has 19 heavy (non-hydrogen) atoms. The van der Waals surface area contributed by atoms with E-state index in [1.165, 1.54) is 5.57 Å². The number of carboxylic acid groups (broad SMARTS) is 1. The van der Waals surface area contributed by atoms with Crippen molar-refractivity contribution in [2.75, 3.05) is 7.11 Å². The molecule has 4 aliphatic rings. The highest BCUT2D eigenvalue weighted by molar-refractivity contribution is 6.24. The van der Waals surface area contributed by atoms with Crippen molar-refractivity contribution in [2.24, 2.45) is 11.3 Å². The smallest absolute Gasteiger partial charge is 0.361 e. The van der Waals surface area contributed by atoms with E-state index < -0.39 is 17.6 Å². The highest BCUT2D eigenvalue weighted by atomic mass is 16.4. The lowest BCUT2D eigenvalue weighted by Gasteiger charge is -2.57. The van der Waals surface area contributed by atoms with Gasteiger partial charge in [-0.2, -0.15) is 0 Å². The number of hydrogen-bond donors (Lipinski definition) is 3. The van der Waals surface area contributed by atoms with E-state index in [0.717, 1.165) is 25.7 Å². The molecule has 4 aliphatic carbocycles. The third-order valence-corrected chi connectivity index (χ3v) is 4.89.